The number of nitrogens with two attached hydrogens (primary N) is 1. The van der Waals surface area contributed by atoms with Gasteiger partial charge < -0.3 is 10.5 Å². The fraction of sp³-hybridized carbons (Fsp3) is 0.250. The van der Waals surface area contributed by atoms with Crippen LogP contribution in [0.5, 0.6) is 5.75 Å². The van der Waals surface area contributed by atoms with Crippen LogP contribution >= 0.6 is 11.6 Å². The van der Waals surface area contributed by atoms with Crippen molar-refractivity contribution in [2.75, 3.05) is 7.11 Å². The molecule has 0 aliphatic rings. The van der Waals surface area contributed by atoms with Crippen LogP contribution in [0.4, 0.5) is 4.39 Å². The summed E-state index contributed by atoms with van der Waals surface area (Å²) in [7, 11) is 1.59. The summed E-state index contributed by atoms with van der Waals surface area (Å²) in [5.74, 6) is 0.439. The molecule has 2 N–H and O–H groups in total. The number of hydrogen-bond donors (Lipinski definition) is 1. The summed E-state index contributed by atoms with van der Waals surface area (Å²) in [5, 5.41) is 0.607. The smallest absolute Gasteiger partial charge is 0.125 e. The Morgan fingerprint density at radius 3 is 2.65 bits per heavy atom. The second-order valence-electron chi connectivity index (χ2n) is 4.77. The van der Waals surface area contributed by atoms with Gasteiger partial charge in [0.25, 0.3) is 0 Å². The summed E-state index contributed by atoms with van der Waals surface area (Å²) < 4.78 is 18.4. The zero-order valence-electron chi connectivity index (χ0n) is 11.5. The molecule has 0 spiro atoms. The van der Waals surface area contributed by atoms with Gasteiger partial charge in [-0.2, -0.15) is 0 Å². The first kappa shape index (κ1) is 14.8. The highest BCUT2D eigenvalue weighted by atomic mass is 35.5. The lowest BCUT2D eigenvalue weighted by Crippen LogP contribution is -2.15. The second kappa shape index (κ2) is 6.25. The zero-order chi connectivity index (χ0) is 14.7. The Bertz CT molecular complexity index is 615. The molecule has 0 fully saturated rings. The van der Waals surface area contributed by atoms with Crippen LogP contribution in [0.2, 0.25) is 5.02 Å². The minimum atomic E-state index is -0.233. The molecule has 2 nitrogen and oxygen atoms in total. The predicted molar refractivity (Wildman–Crippen MR) is 79.8 cm³/mol. The Kier molecular flexibility index (Phi) is 4.63. The molecule has 4 heteroatoms. The molecule has 0 saturated heterocycles. The van der Waals surface area contributed by atoms with Gasteiger partial charge in [-0.25, -0.2) is 4.39 Å². The van der Waals surface area contributed by atoms with E-state index in [1.165, 1.54) is 12.1 Å². The Morgan fingerprint density at radius 1 is 1.25 bits per heavy atom. The van der Waals surface area contributed by atoms with Crippen LogP contribution in [0, 0.1) is 12.7 Å². The molecule has 0 aliphatic heterocycles. The first-order valence-corrected chi connectivity index (χ1v) is 6.73. The summed E-state index contributed by atoms with van der Waals surface area (Å²) in [6.07, 6.45) is 0.615. The van der Waals surface area contributed by atoms with Gasteiger partial charge in [0, 0.05) is 16.6 Å². The maximum atomic E-state index is 13.1. The van der Waals surface area contributed by atoms with Gasteiger partial charge in [0.05, 0.1) is 7.11 Å². The van der Waals surface area contributed by atoms with Crippen molar-refractivity contribution in [1.82, 2.24) is 0 Å². The lowest BCUT2D eigenvalue weighted by molar-refractivity contribution is 0.405. The number of rotatable bonds is 4. The van der Waals surface area contributed by atoms with Crippen LogP contribution in [-0.4, -0.2) is 7.11 Å². The Balaban J connectivity index is 2.25. The lowest BCUT2D eigenvalue weighted by atomic mass is 9.96. The number of methoxy groups -OCH3 is 1. The van der Waals surface area contributed by atoms with Gasteiger partial charge in [0.15, 0.2) is 0 Å². The maximum absolute atomic E-state index is 13.1. The minimum absolute atomic E-state index is 0.230. The van der Waals surface area contributed by atoms with Gasteiger partial charge in [0.1, 0.15) is 11.6 Å². The van der Waals surface area contributed by atoms with Crippen molar-refractivity contribution in [2.45, 2.75) is 19.4 Å². The van der Waals surface area contributed by atoms with Crippen LogP contribution in [0.3, 0.4) is 0 Å². The average molecular weight is 294 g/mol. The van der Waals surface area contributed by atoms with E-state index in [0.29, 0.717) is 17.2 Å². The Hall–Kier alpha value is -1.58. The van der Waals surface area contributed by atoms with Crippen LogP contribution < -0.4 is 10.5 Å². The van der Waals surface area contributed by atoms with Gasteiger partial charge >= 0.3 is 0 Å². The number of benzene rings is 2. The van der Waals surface area contributed by atoms with E-state index >= 15 is 0 Å². The van der Waals surface area contributed by atoms with E-state index < -0.39 is 0 Å². The van der Waals surface area contributed by atoms with Crippen LogP contribution in [0.1, 0.15) is 22.7 Å². The van der Waals surface area contributed by atoms with Gasteiger partial charge in [-0.15, -0.1) is 0 Å². The van der Waals surface area contributed by atoms with Gasteiger partial charge in [-0.05, 0) is 48.7 Å². The zero-order valence-corrected chi connectivity index (χ0v) is 12.2. The van der Waals surface area contributed by atoms with Crippen LogP contribution in [0.15, 0.2) is 36.4 Å². The van der Waals surface area contributed by atoms with E-state index in [4.69, 9.17) is 22.1 Å². The molecule has 106 valence electrons. The highest BCUT2D eigenvalue weighted by Gasteiger charge is 2.14. The molecule has 0 heterocycles. The fourth-order valence-corrected chi connectivity index (χ4v) is 2.39. The summed E-state index contributed by atoms with van der Waals surface area (Å²) in [4.78, 5) is 0. The molecule has 0 bridgehead atoms. The van der Waals surface area contributed by atoms with Crippen molar-refractivity contribution in [2.24, 2.45) is 5.73 Å². The van der Waals surface area contributed by atoms with Crippen LogP contribution in [-0.2, 0) is 6.42 Å². The number of halogens is 2. The molecule has 1 atom stereocenters. The largest absolute Gasteiger partial charge is 0.496 e. The third-order valence-electron chi connectivity index (χ3n) is 3.34. The van der Waals surface area contributed by atoms with Crippen molar-refractivity contribution in [3.8, 4) is 5.75 Å². The van der Waals surface area contributed by atoms with Crippen molar-refractivity contribution >= 4 is 11.6 Å². The molecule has 0 radical (unpaired) electrons. The van der Waals surface area contributed by atoms with Crippen molar-refractivity contribution in [3.63, 3.8) is 0 Å². The summed E-state index contributed by atoms with van der Waals surface area (Å²) in [6.45, 7) is 1.88. The third-order valence-corrected chi connectivity index (χ3v) is 3.57. The molecule has 0 aromatic heterocycles. The van der Waals surface area contributed by atoms with E-state index in [-0.39, 0.29) is 11.9 Å². The number of aryl methyl sites for hydroxylation is 1. The number of ether oxygens (including phenoxy) is 1. The molecular weight excluding hydrogens is 277 g/mol. The van der Waals surface area contributed by atoms with E-state index in [2.05, 4.69) is 0 Å². The van der Waals surface area contributed by atoms with Crippen LogP contribution in [0.25, 0.3) is 0 Å². The van der Waals surface area contributed by atoms with E-state index in [0.717, 1.165) is 16.7 Å². The highest BCUT2D eigenvalue weighted by molar-refractivity contribution is 6.30. The average Bonchev–Trinajstić information content (AvgIpc) is 2.41. The fourth-order valence-electron chi connectivity index (χ4n) is 2.23. The topological polar surface area (TPSA) is 35.2 Å². The van der Waals surface area contributed by atoms with E-state index in [1.807, 2.05) is 13.0 Å². The first-order chi connectivity index (χ1) is 9.51. The summed E-state index contributed by atoms with van der Waals surface area (Å²) in [6, 6.07) is 9.91. The third kappa shape index (κ3) is 3.30. The molecule has 0 amide bonds. The maximum Gasteiger partial charge on any atom is 0.125 e. The van der Waals surface area contributed by atoms with E-state index in [9.17, 15) is 4.39 Å². The van der Waals surface area contributed by atoms with Gasteiger partial charge in [-0.3, -0.25) is 0 Å². The summed E-state index contributed by atoms with van der Waals surface area (Å²) in [5.41, 5.74) is 9.05. The van der Waals surface area contributed by atoms with Gasteiger partial charge in [0.2, 0.25) is 0 Å². The quantitative estimate of drug-likeness (QED) is 0.923. The number of hydrogen-bond acceptors (Lipinski definition) is 2. The molecule has 2 aromatic carbocycles. The first-order valence-electron chi connectivity index (χ1n) is 6.35. The van der Waals surface area contributed by atoms with Crippen molar-refractivity contribution < 1.29 is 9.13 Å². The normalized spacial score (nSPS) is 12.2. The second-order valence-corrected chi connectivity index (χ2v) is 5.20. The van der Waals surface area contributed by atoms with Crippen molar-refractivity contribution in [3.05, 3.63) is 63.9 Å². The molecule has 2 aromatic rings. The Morgan fingerprint density at radius 2 is 2.00 bits per heavy atom. The molecule has 20 heavy (non-hydrogen) atoms. The monoisotopic (exact) mass is 293 g/mol. The highest BCUT2D eigenvalue weighted by Crippen LogP contribution is 2.29. The van der Waals surface area contributed by atoms with E-state index in [1.54, 1.807) is 25.3 Å². The Labute approximate surface area is 123 Å². The standard InChI is InChI=1S/C16H17ClFNO/c1-10-7-13(18)5-3-11(10)8-15(19)14-6-4-12(17)9-16(14)20-2/h3-7,9,15H,8,19H2,1-2H3. The minimum Gasteiger partial charge on any atom is -0.496 e. The summed E-state index contributed by atoms with van der Waals surface area (Å²) >= 11 is 5.94. The SMILES string of the molecule is COc1cc(Cl)ccc1C(N)Cc1ccc(F)cc1C. The molecule has 0 saturated carbocycles. The predicted octanol–water partition coefficient (Wildman–Crippen LogP) is 4.04. The molecule has 1 unspecified atom stereocenters. The molecule has 0 aliphatic carbocycles. The lowest BCUT2D eigenvalue weighted by Gasteiger charge is -2.17. The van der Waals surface area contributed by atoms with Gasteiger partial charge in [-0.1, -0.05) is 23.7 Å². The molecule has 2 rings (SSSR count). The van der Waals surface area contributed by atoms with Crippen molar-refractivity contribution in [1.29, 1.82) is 0 Å². The molecular formula is C16H17ClFNO.